The van der Waals surface area contributed by atoms with Crippen LogP contribution in [0.1, 0.15) is 85.7 Å². The van der Waals surface area contributed by atoms with Crippen LogP contribution in [0.25, 0.3) is 56.2 Å². The number of rotatable bonds is 16. The molecule has 4 aromatic carbocycles. The number of aliphatic hydroxyl groups excluding tert-OH is 6. The van der Waals surface area contributed by atoms with Crippen LogP contribution in [-0.2, 0) is 0 Å². The Morgan fingerprint density at radius 1 is 0.524 bits per heavy atom. The zero-order valence-electron chi connectivity index (χ0n) is 34.7. The van der Waals surface area contributed by atoms with Crippen LogP contribution in [0.3, 0.4) is 0 Å². The minimum Gasteiger partial charge on any atom is -0.831 e. The van der Waals surface area contributed by atoms with E-state index < -0.39 is 37.0 Å². The normalized spacial score (nSPS) is 16.9. The standard InChI is InChI=1S/2C25H25FNO4.Ca/c2*26-17-9-7-15(8-10-17)24-20-3-1-2-4-22(20)27-25(16-5-6-16)21(24)12-11-18(28)13-19(29)14-23(30)31;/h2*1-4,7-12,16,18-19,23,28-30H,5-6,13-14H2;/q2*-1;+2/b2*12-11+;/t2*18-,19-,23+;/m11./s1. The van der Waals surface area contributed by atoms with Crippen LogP contribution in [0, 0.1) is 11.6 Å². The Morgan fingerprint density at radius 2 is 0.873 bits per heavy atom. The summed E-state index contributed by atoms with van der Waals surface area (Å²) in [5, 5.41) is 81.7. The zero-order valence-corrected chi connectivity index (χ0v) is 36.9. The average molecular weight is 885 g/mol. The Morgan fingerprint density at radius 3 is 1.21 bits per heavy atom. The first-order valence-electron chi connectivity index (χ1n) is 21.0. The number of hydrogen-bond donors (Lipinski definition) is 6. The topological polar surface area (TPSA) is 193 Å². The molecule has 2 aromatic heterocycles. The second-order valence-corrected chi connectivity index (χ2v) is 16.2. The third-order valence-electron chi connectivity index (χ3n) is 11.1. The van der Waals surface area contributed by atoms with Gasteiger partial charge in [-0.2, -0.15) is 0 Å². The largest absolute Gasteiger partial charge is 2.00 e. The number of aliphatic hydroxyl groups is 6. The van der Waals surface area contributed by atoms with Crippen molar-refractivity contribution < 1.29 is 49.6 Å². The van der Waals surface area contributed by atoms with Gasteiger partial charge in [0.1, 0.15) is 11.6 Å². The van der Waals surface area contributed by atoms with Crippen LogP contribution >= 0.6 is 0 Å². The van der Waals surface area contributed by atoms with Gasteiger partial charge in [0.2, 0.25) is 0 Å². The molecule has 324 valence electrons. The molecule has 8 rings (SSSR count). The van der Waals surface area contributed by atoms with Crippen LogP contribution < -0.4 is 10.2 Å². The first kappa shape index (κ1) is 48.4. The molecule has 0 saturated heterocycles. The molecule has 0 aliphatic heterocycles. The van der Waals surface area contributed by atoms with Crippen molar-refractivity contribution >= 4 is 71.7 Å². The van der Waals surface area contributed by atoms with Crippen molar-refractivity contribution in [3.05, 3.63) is 143 Å². The van der Waals surface area contributed by atoms with E-state index in [0.29, 0.717) is 11.8 Å². The zero-order chi connectivity index (χ0) is 43.9. The van der Waals surface area contributed by atoms with E-state index in [4.69, 9.17) is 20.2 Å². The molecule has 2 aliphatic rings. The van der Waals surface area contributed by atoms with Gasteiger partial charge in [0, 0.05) is 57.7 Å². The van der Waals surface area contributed by atoms with Crippen molar-refractivity contribution in [3.63, 3.8) is 0 Å². The number of halogens is 2. The molecule has 6 N–H and O–H groups in total. The van der Waals surface area contributed by atoms with Gasteiger partial charge in [0.25, 0.3) is 0 Å². The van der Waals surface area contributed by atoms with Gasteiger partial charge in [-0.15, -0.1) is 0 Å². The van der Waals surface area contributed by atoms with Gasteiger partial charge < -0.3 is 40.9 Å². The predicted molar refractivity (Wildman–Crippen MR) is 237 cm³/mol. The fourth-order valence-electron chi connectivity index (χ4n) is 7.81. The summed E-state index contributed by atoms with van der Waals surface area (Å²) >= 11 is 0. The first-order valence-corrected chi connectivity index (χ1v) is 21.0. The summed E-state index contributed by atoms with van der Waals surface area (Å²) in [5.41, 5.74) is 8.89. The Hall–Kier alpha value is -4.02. The summed E-state index contributed by atoms with van der Waals surface area (Å²) in [6.45, 7) is 0. The number of aromatic nitrogens is 2. The van der Waals surface area contributed by atoms with Gasteiger partial charge in [-0.05, 0) is 98.6 Å². The number of pyridine rings is 2. The Kier molecular flexibility index (Phi) is 17.1. The maximum atomic E-state index is 13.6. The smallest absolute Gasteiger partial charge is 0.831 e. The predicted octanol–water partition coefficient (Wildman–Crippen LogP) is 5.84. The van der Waals surface area contributed by atoms with Gasteiger partial charge in [0.15, 0.2) is 0 Å². The summed E-state index contributed by atoms with van der Waals surface area (Å²) in [5.74, 6) is 0.0433. The Labute approximate surface area is 394 Å². The third-order valence-corrected chi connectivity index (χ3v) is 11.1. The fourth-order valence-corrected chi connectivity index (χ4v) is 7.81. The summed E-state index contributed by atoms with van der Waals surface area (Å²) in [6.07, 6.45) is 2.21. The monoisotopic (exact) mass is 884 g/mol. The van der Waals surface area contributed by atoms with Gasteiger partial charge in [-0.1, -0.05) is 85.0 Å². The molecule has 2 aliphatic carbocycles. The van der Waals surface area contributed by atoms with Crippen molar-refractivity contribution in [3.8, 4) is 22.3 Å². The van der Waals surface area contributed by atoms with E-state index >= 15 is 0 Å². The van der Waals surface area contributed by atoms with Crippen molar-refractivity contribution in [1.82, 2.24) is 9.97 Å². The van der Waals surface area contributed by atoms with Gasteiger partial charge >= 0.3 is 37.7 Å². The van der Waals surface area contributed by atoms with E-state index in [-0.39, 0.29) is 75.1 Å². The summed E-state index contributed by atoms with van der Waals surface area (Å²) in [6, 6.07) is 28.3. The second kappa shape index (κ2) is 22.3. The molecule has 6 atom stereocenters. The second-order valence-electron chi connectivity index (χ2n) is 16.2. The van der Waals surface area contributed by atoms with Gasteiger partial charge in [-0.25, -0.2) is 8.78 Å². The maximum absolute atomic E-state index is 13.6. The number of benzene rings is 4. The van der Waals surface area contributed by atoms with E-state index in [1.807, 2.05) is 48.5 Å². The molecule has 0 bridgehead atoms. The minimum atomic E-state index is -1.87. The average Bonchev–Trinajstić information content (AvgIpc) is 4.17. The summed E-state index contributed by atoms with van der Waals surface area (Å²) in [4.78, 5) is 9.78. The molecule has 6 aromatic rings. The molecule has 10 nitrogen and oxygen atoms in total. The molecule has 2 fully saturated rings. The van der Waals surface area contributed by atoms with Crippen molar-refractivity contribution in [2.75, 3.05) is 0 Å². The molecule has 2 saturated carbocycles. The van der Waals surface area contributed by atoms with Crippen LogP contribution in [-0.4, -0.2) is 115 Å². The molecule has 0 spiro atoms. The molecule has 13 heteroatoms. The van der Waals surface area contributed by atoms with Crippen LogP contribution in [0.2, 0.25) is 0 Å². The van der Waals surface area contributed by atoms with Crippen molar-refractivity contribution in [2.45, 2.75) is 100 Å². The number of para-hydroxylation sites is 2. The van der Waals surface area contributed by atoms with Crippen LogP contribution in [0.15, 0.2) is 109 Å². The first-order chi connectivity index (χ1) is 29.8. The quantitative estimate of drug-likeness (QED) is 0.0508. The number of hydrogen-bond acceptors (Lipinski definition) is 10. The Balaban J connectivity index is 0.000000206. The van der Waals surface area contributed by atoms with E-state index in [9.17, 15) is 39.4 Å². The molecule has 2 heterocycles. The number of fused-ring (bicyclic) bond motifs is 2. The van der Waals surface area contributed by atoms with E-state index in [2.05, 4.69) is 0 Å². The molecule has 0 radical (unpaired) electrons. The fraction of sp³-hybridized carbons (Fsp3) is 0.320. The molecular weight excluding hydrogens is 835 g/mol. The minimum absolute atomic E-state index is 0. The van der Waals surface area contributed by atoms with E-state index in [0.717, 1.165) is 92.3 Å². The molecule has 0 unspecified atom stereocenters. The van der Waals surface area contributed by atoms with Crippen LogP contribution in [0.5, 0.6) is 0 Å². The van der Waals surface area contributed by atoms with Gasteiger partial charge in [-0.3, -0.25) is 9.97 Å². The Bertz CT molecular complexity index is 2340. The van der Waals surface area contributed by atoms with Crippen LogP contribution in [0.4, 0.5) is 8.78 Å². The van der Waals surface area contributed by atoms with Gasteiger partial charge in [0.05, 0.1) is 46.8 Å². The molecule has 63 heavy (non-hydrogen) atoms. The molecular formula is C50H50CaF2N2O8. The molecule has 0 amide bonds. The summed E-state index contributed by atoms with van der Waals surface area (Å²) < 4.78 is 27.2. The van der Waals surface area contributed by atoms with Crippen molar-refractivity contribution in [2.24, 2.45) is 0 Å². The maximum Gasteiger partial charge on any atom is 2.00 e. The third kappa shape index (κ3) is 13.1. The van der Waals surface area contributed by atoms with Crippen molar-refractivity contribution in [1.29, 1.82) is 0 Å². The van der Waals surface area contributed by atoms with E-state index in [1.54, 1.807) is 48.6 Å². The van der Waals surface area contributed by atoms with E-state index in [1.165, 1.54) is 24.3 Å². The summed E-state index contributed by atoms with van der Waals surface area (Å²) in [7, 11) is 0. The number of nitrogens with zero attached hydrogens (tertiary/aromatic N) is 2. The SMILES string of the molecule is [Ca+2].[O-][C@H](O)C[C@H](O)C[C@H](O)/C=C/c1c(C2CC2)nc2ccccc2c1-c1ccc(F)cc1.[O-][C@H](O)C[C@H](O)C[C@H](O)/C=C/c1c(C2CC2)nc2ccccc2c1-c1ccc(F)cc1.